The predicted octanol–water partition coefficient (Wildman–Crippen LogP) is 4.92. The monoisotopic (exact) mass is 281 g/mol. The fraction of sp³-hybridized carbons (Fsp3) is 0.400. The van der Waals surface area contributed by atoms with Crippen molar-refractivity contribution in [3.8, 4) is 11.1 Å². The van der Waals surface area contributed by atoms with E-state index in [1.165, 1.54) is 23.1 Å². The van der Waals surface area contributed by atoms with Gasteiger partial charge in [-0.2, -0.15) is 0 Å². The van der Waals surface area contributed by atoms with Gasteiger partial charge in [0.2, 0.25) is 0 Å². The molecule has 21 heavy (non-hydrogen) atoms. The largest absolute Gasteiger partial charge is 0.316 e. The van der Waals surface area contributed by atoms with E-state index >= 15 is 0 Å². The van der Waals surface area contributed by atoms with Gasteiger partial charge in [0, 0.05) is 6.04 Å². The zero-order valence-electron chi connectivity index (χ0n) is 13.7. The summed E-state index contributed by atoms with van der Waals surface area (Å²) < 4.78 is 0. The molecule has 0 amide bonds. The van der Waals surface area contributed by atoms with Crippen molar-refractivity contribution in [2.45, 2.75) is 39.7 Å². The number of nitrogens with one attached hydrogen (secondary N) is 1. The molecule has 0 aromatic heterocycles. The normalized spacial score (nSPS) is 13.1. The van der Waals surface area contributed by atoms with Gasteiger partial charge in [-0.3, -0.25) is 0 Å². The quantitative estimate of drug-likeness (QED) is 0.820. The van der Waals surface area contributed by atoms with Crippen LogP contribution in [0.3, 0.4) is 0 Å². The molecular weight excluding hydrogens is 254 g/mol. The van der Waals surface area contributed by atoms with E-state index in [-0.39, 0.29) is 0 Å². The van der Waals surface area contributed by atoms with E-state index < -0.39 is 0 Å². The van der Waals surface area contributed by atoms with Crippen molar-refractivity contribution in [1.29, 1.82) is 0 Å². The maximum absolute atomic E-state index is 3.45. The van der Waals surface area contributed by atoms with Crippen molar-refractivity contribution in [2.24, 2.45) is 5.41 Å². The third-order valence-electron chi connectivity index (χ3n) is 4.18. The lowest BCUT2D eigenvalue weighted by Crippen LogP contribution is -2.38. The molecule has 0 saturated heterocycles. The summed E-state index contributed by atoms with van der Waals surface area (Å²) in [5, 5.41) is 3.45. The molecule has 0 spiro atoms. The van der Waals surface area contributed by atoms with Crippen LogP contribution in [0.1, 0.15) is 32.8 Å². The second-order valence-corrected chi connectivity index (χ2v) is 6.81. The minimum absolute atomic E-state index is 0.304. The molecule has 1 heteroatoms. The van der Waals surface area contributed by atoms with Gasteiger partial charge in [0.15, 0.2) is 0 Å². The summed E-state index contributed by atoms with van der Waals surface area (Å²) in [6.45, 7) is 6.89. The molecule has 0 aliphatic heterocycles. The van der Waals surface area contributed by atoms with E-state index in [2.05, 4.69) is 87.7 Å². The number of aryl methyl sites for hydroxylation is 1. The Morgan fingerprint density at radius 3 is 1.95 bits per heavy atom. The molecule has 0 aliphatic carbocycles. The molecule has 1 N–H and O–H groups in total. The second kappa shape index (κ2) is 6.91. The standard InChI is InChI=1S/C20H27N/c1-20(2,3)19(21-4)15-12-16-10-13-18(14-11-16)17-8-6-5-7-9-17/h5-11,13-14,19,21H,12,15H2,1-4H3. The number of hydrogen-bond donors (Lipinski definition) is 1. The number of rotatable bonds is 5. The van der Waals surface area contributed by atoms with Gasteiger partial charge in [0.05, 0.1) is 0 Å². The minimum Gasteiger partial charge on any atom is -0.316 e. The summed E-state index contributed by atoms with van der Waals surface area (Å²) in [7, 11) is 2.06. The summed E-state index contributed by atoms with van der Waals surface area (Å²) >= 11 is 0. The van der Waals surface area contributed by atoms with Crippen molar-refractivity contribution in [3.05, 3.63) is 60.2 Å². The Bertz CT molecular complexity index is 534. The third-order valence-corrected chi connectivity index (χ3v) is 4.18. The minimum atomic E-state index is 0.304. The molecule has 0 saturated carbocycles. The maximum Gasteiger partial charge on any atom is 0.0116 e. The molecule has 112 valence electrons. The molecule has 0 radical (unpaired) electrons. The number of hydrogen-bond acceptors (Lipinski definition) is 1. The van der Waals surface area contributed by atoms with Crippen molar-refractivity contribution >= 4 is 0 Å². The predicted molar refractivity (Wildman–Crippen MR) is 92.5 cm³/mol. The van der Waals surface area contributed by atoms with E-state index in [4.69, 9.17) is 0 Å². The van der Waals surface area contributed by atoms with Gasteiger partial charge in [-0.1, -0.05) is 75.4 Å². The van der Waals surface area contributed by atoms with Crippen molar-refractivity contribution in [3.63, 3.8) is 0 Å². The first kappa shape index (κ1) is 15.8. The molecule has 2 rings (SSSR count). The van der Waals surface area contributed by atoms with Gasteiger partial charge < -0.3 is 5.32 Å². The van der Waals surface area contributed by atoms with Gasteiger partial charge in [-0.25, -0.2) is 0 Å². The van der Waals surface area contributed by atoms with Crippen molar-refractivity contribution in [2.75, 3.05) is 7.05 Å². The van der Waals surface area contributed by atoms with Crippen LogP contribution in [0.25, 0.3) is 11.1 Å². The first-order chi connectivity index (χ1) is 10.0. The van der Waals surface area contributed by atoms with Gasteiger partial charge in [0.1, 0.15) is 0 Å². The van der Waals surface area contributed by atoms with E-state index in [0.29, 0.717) is 11.5 Å². The highest BCUT2D eigenvalue weighted by atomic mass is 14.9. The summed E-state index contributed by atoms with van der Waals surface area (Å²) in [5.41, 5.74) is 4.30. The van der Waals surface area contributed by atoms with Gasteiger partial charge in [-0.05, 0) is 42.0 Å². The first-order valence-electron chi connectivity index (χ1n) is 7.82. The van der Waals surface area contributed by atoms with Crippen LogP contribution in [-0.2, 0) is 6.42 Å². The molecule has 0 aliphatic rings. The van der Waals surface area contributed by atoms with E-state index in [1.54, 1.807) is 0 Å². The van der Waals surface area contributed by atoms with Crippen LogP contribution in [0, 0.1) is 5.41 Å². The summed E-state index contributed by atoms with van der Waals surface area (Å²) in [6, 6.07) is 20.1. The number of benzene rings is 2. The van der Waals surface area contributed by atoms with Crippen LogP contribution in [0.15, 0.2) is 54.6 Å². The molecule has 2 aromatic rings. The van der Waals surface area contributed by atoms with Gasteiger partial charge >= 0.3 is 0 Å². The summed E-state index contributed by atoms with van der Waals surface area (Å²) in [5.74, 6) is 0. The van der Waals surface area contributed by atoms with Crippen LogP contribution < -0.4 is 5.32 Å². The van der Waals surface area contributed by atoms with E-state index in [1.807, 2.05) is 0 Å². The average molecular weight is 281 g/mol. The van der Waals surface area contributed by atoms with Crippen LogP contribution in [-0.4, -0.2) is 13.1 Å². The highest BCUT2D eigenvalue weighted by molar-refractivity contribution is 5.63. The average Bonchev–Trinajstić information content (AvgIpc) is 2.48. The highest BCUT2D eigenvalue weighted by Crippen LogP contribution is 2.24. The molecule has 0 fully saturated rings. The molecule has 0 bridgehead atoms. The van der Waals surface area contributed by atoms with Crippen LogP contribution in [0.5, 0.6) is 0 Å². The Kier molecular flexibility index (Phi) is 5.19. The molecule has 0 heterocycles. The summed E-state index contributed by atoms with van der Waals surface area (Å²) in [6.07, 6.45) is 2.29. The topological polar surface area (TPSA) is 12.0 Å². The fourth-order valence-electron chi connectivity index (χ4n) is 2.82. The van der Waals surface area contributed by atoms with Crippen LogP contribution in [0.4, 0.5) is 0 Å². The lowest BCUT2D eigenvalue weighted by Gasteiger charge is -2.30. The Balaban J connectivity index is 2.00. The van der Waals surface area contributed by atoms with Gasteiger partial charge in [0.25, 0.3) is 0 Å². The lowest BCUT2D eigenvalue weighted by molar-refractivity contribution is 0.268. The first-order valence-corrected chi connectivity index (χ1v) is 7.82. The van der Waals surface area contributed by atoms with Crippen molar-refractivity contribution < 1.29 is 0 Å². The van der Waals surface area contributed by atoms with E-state index in [0.717, 1.165) is 6.42 Å². The molecule has 1 unspecified atom stereocenters. The zero-order valence-corrected chi connectivity index (χ0v) is 13.7. The SMILES string of the molecule is CNC(CCc1ccc(-c2ccccc2)cc1)C(C)(C)C. The van der Waals surface area contributed by atoms with Gasteiger partial charge in [-0.15, -0.1) is 0 Å². The second-order valence-electron chi connectivity index (χ2n) is 6.81. The van der Waals surface area contributed by atoms with Crippen molar-refractivity contribution in [1.82, 2.24) is 5.32 Å². The Morgan fingerprint density at radius 1 is 0.857 bits per heavy atom. The van der Waals surface area contributed by atoms with E-state index in [9.17, 15) is 0 Å². The summed E-state index contributed by atoms with van der Waals surface area (Å²) in [4.78, 5) is 0. The Hall–Kier alpha value is -1.60. The Labute approximate surface area is 129 Å². The zero-order chi connectivity index (χ0) is 15.3. The third kappa shape index (κ3) is 4.44. The Morgan fingerprint density at radius 2 is 1.43 bits per heavy atom. The molecule has 1 nitrogen and oxygen atoms in total. The van der Waals surface area contributed by atoms with Crippen LogP contribution in [0.2, 0.25) is 0 Å². The molecule has 2 aromatic carbocycles. The molecular formula is C20H27N. The maximum atomic E-state index is 3.45. The van der Waals surface area contributed by atoms with Crippen LogP contribution >= 0.6 is 0 Å². The molecule has 1 atom stereocenters. The fourth-order valence-corrected chi connectivity index (χ4v) is 2.82. The smallest absolute Gasteiger partial charge is 0.0116 e. The lowest BCUT2D eigenvalue weighted by atomic mass is 9.83. The highest BCUT2D eigenvalue weighted by Gasteiger charge is 2.22.